The van der Waals surface area contributed by atoms with Crippen LogP contribution in [0, 0.1) is 0 Å². The maximum Gasteiger partial charge on any atom is 0.411 e. The van der Waals surface area contributed by atoms with Gasteiger partial charge in [-0.2, -0.15) is 0 Å². The fourth-order valence-electron chi connectivity index (χ4n) is 3.76. The van der Waals surface area contributed by atoms with Crippen LogP contribution in [-0.2, 0) is 9.53 Å². The topological polar surface area (TPSA) is 105 Å². The summed E-state index contributed by atoms with van der Waals surface area (Å²) in [6, 6.07) is 20.7. The molecular weight excluding hydrogens is 476 g/mol. The Kier molecular flexibility index (Phi) is 6.23. The SMILES string of the molecule is O=C(O)CNC(=O)c1ccc(NC(=O)OCC2c3ccccc3-c3ccccc32)c(Br)c1. The van der Waals surface area contributed by atoms with Gasteiger partial charge in [-0.15, -0.1) is 0 Å². The molecule has 1 aliphatic carbocycles. The Morgan fingerprint density at radius 1 is 0.938 bits per heavy atom. The second-order valence-electron chi connectivity index (χ2n) is 7.22. The molecular formula is C24H19BrN2O5. The van der Waals surface area contributed by atoms with Gasteiger partial charge in [-0.3, -0.25) is 14.9 Å². The summed E-state index contributed by atoms with van der Waals surface area (Å²) in [6.07, 6.45) is -0.615. The Balaban J connectivity index is 1.41. The first kappa shape index (κ1) is 21.6. The molecule has 3 aromatic rings. The zero-order valence-corrected chi connectivity index (χ0v) is 18.4. The molecule has 2 amide bonds. The highest BCUT2D eigenvalue weighted by atomic mass is 79.9. The van der Waals surface area contributed by atoms with Crippen molar-refractivity contribution >= 4 is 39.6 Å². The summed E-state index contributed by atoms with van der Waals surface area (Å²) >= 11 is 3.32. The lowest BCUT2D eigenvalue weighted by molar-refractivity contribution is -0.135. The van der Waals surface area contributed by atoms with Crippen molar-refractivity contribution in [3.63, 3.8) is 0 Å². The van der Waals surface area contributed by atoms with Crippen LogP contribution in [0.25, 0.3) is 11.1 Å². The van der Waals surface area contributed by atoms with Gasteiger partial charge in [0.25, 0.3) is 5.91 Å². The lowest BCUT2D eigenvalue weighted by Crippen LogP contribution is -2.29. The number of nitrogens with one attached hydrogen (secondary N) is 2. The van der Waals surface area contributed by atoms with Crippen molar-refractivity contribution in [2.45, 2.75) is 5.92 Å². The maximum atomic E-state index is 12.4. The highest BCUT2D eigenvalue weighted by Gasteiger charge is 2.29. The molecule has 0 saturated heterocycles. The second-order valence-corrected chi connectivity index (χ2v) is 8.08. The van der Waals surface area contributed by atoms with Crippen LogP contribution in [0.3, 0.4) is 0 Å². The van der Waals surface area contributed by atoms with Gasteiger partial charge >= 0.3 is 12.1 Å². The summed E-state index contributed by atoms with van der Waals surface area (Å²) in [5.74, 6) is -1.70. The van der Waals surface area contributed by atoms with E-state index >= 15 is 0 Å². The molecule has 0 bridgehead atoms. The Morgan fingerprint density at radius 2 is 1.56 bits per heavy atom. The summed E-state index contributed by atoms with van der Waals surface area (Å²) in [7, 11) is 0. The van der Waals surface area contributed by atoms with Crippen LogP contribution in [0.15, 0.2) is 71.2 Å². The monoisotopic (exact) mass is 494 g/mol. The van der Waals surface area contributed by atoms with E-state index in [1.807, 2.05) is 36.4 Å². The number of benzene rings is 3. The van der Waals surface area contributed by atoms with Crippen LogP contribution in [0.5, 0.6) is 0 Å². The number of carboxylic acids is 1. The third-order valence-corrected chi connectivity index (χ3v) is 5.87. The number of fused-ring (bicyclic) bond motifs is 3. The van der Waals surface area contributed by atoms with E-state index in [0.29, 0.717) is 10.2 Å². The number of carboxylic acid groups (broad SMARTS) is 1. The molecule has 3 N–H and O–H groups in total. The van der Waals surface area contributed by atoms with Gasteiger partial charge in [0.05, 0.1) is 5.69 Å². The number of carbonyl (C=O) groups excluding carboxylic acids is 2. The molecule has 3 aromatic carbocycles. The highest BCUT2D eigenvalue weighted by molar-refractivity contribution is 9.10. The minimum Gasteiger partial charge on any atom is -0.480 e. The molecule has 8 heteroatoms. The summed E-state index contributed by atoms with van der Waals surface area (Å²) < 4.78 is 5.99. The number of rotatable bonds is 6. The number of ether oxygens (including phenoxy) is 1. The molecule has 0 radical (unpaired) electrons. The first-order valence-electron chi connectivity index (χ1n) is 9.85. The number of hydrogen-bond acceptors (Lipinski definition) is 4. The standard InChI is InChI=1S/C24H19BrN2O5/c25-20-11-14(23(30)26-12-22(28)29)9-10-21(20)27-24(31)32-13-19-17-7-3-1-5-15(17)16-6-2-4-8-18(16)19/h1-11,19H,12-13H2,(H,26,30)(H,27,31)(H,28,29). The molecule has 4 rings (SSSR count). The quantitative estimate of drug-likeness (QED) is 0.463. The highest BCUT2D eigenvalue weighted by Crippen LogP contribution is 2.44. The van der Waals surface area contributed by atoms with Crippen LogP contribution >= 0.6 is 15.9 Å². The molecule has 7 nitrogen and oxygen atoms in total. The lowest BCUT2D eigenvalue weighted by atomic mass is 9.98. The van der Waals surface area contributed by atoms with E-state index < -0.39 is 24.5 Å². The number of amides is 2. The van der Waals surface area contributed by atoms with Crippen molar-refractivity contribution in [1.82, 2.24) is 5.32 Å². The number of hydrogen-bond donors (Lipinski definition) is 3. The number of aliphatic carboxylic acids is 1. The Labute approximate surface area is 192 Å². The van der Waals surface area contributed by atoms with Crippen molar-refractivity contribution < 1.29 is 24.2 Å². The minimum absolute atomic E-state index is 0.0445. The smallest absolute Gasteiger partial charge is 0.411 e. The number of halogens is 1. The summed E-state index contributed by atoms with van der Waals surface area (Å²) in [5.41, 5.74) is 5.24. The average Bonchev–Trinajstić information content (AvgIpc) is 3.11. The van der Waals surface area contributed by atoms with E-state index in [2.05, 4.69) is 38.7 Å². The van der Waals surface area contributed by atoms with Gasteiger partial charge in [-0.25, -0.2) is 4.79 Å². The van der Waals surface area contributed by atoms with Gasteiger partial charge < -0.3 is 15.2 Å². The Bertz CT molecular complexity index is 1160. The van der Waals surface area contributed by atoms with Gasteiger partial charge in [0, 0.05) is 16.0 Å². The molecule has 32 heavy (non-hydrogen) atoms. The largest absolute Gasteiger partial charge is 0.480 e. The maximum absolute atomic E-state index is 12.4. The van der Waals surface area contributed by atoms with E-state index in [-0.39, 0.29) is 18.1 Å². The lowest BCUT2D eigenvalue weighted by Gasteiger charge is -2.15. The van der Waals surface area contributed by atoms with Crippen LogP contribution in [0.1, 0.15) is 27.4 Å². The Hall–Kier alpha value is -3.65. The summed E-state index contributed by atoms with van der Waals surface area (Å²) in [6.45, 7) is -0.288. The molecule has 0 aliphatic heterocycles. The number of carbonyl (C=O) groups is 3. The van der Waals surface area contributed by atoms with Crippen LogP contribution in [0.2, 0.25) is 0 Å². The minimum atomic E-state index is -1.13. The molecule has 0 atom stereocenters. The average molecular weight is 495 g/mol. The molecule has 0 unspecified atom stereocenters. The molecule has 0 fully saturated rings. The molecule has 162 valence electrons. The first-order valence-corrected chi connectivity index (χ1v) is 10.6. The van der Waals surface area contributed by atoms with Gasteiger partial charge in [0.2, 0.25) is 0 Å². The molecule has 0 saturated carbocycles. The molecule has 1 aliphatic rings. The number of anilines is 1. The summed E-state index contributed by atoms with van der Waals surface area (Å²) in [5, 5.41) is 13.6. The zero-order valence-electron chi connectivity index (χ0n) is 16.8. The molecule has 0 heterocycles. The van der Waals surface area contributed by atoms with E-state index in [1.54, 1.807) is 6.07 Å². The zero-order chi connectivity index (χ0) is 22.7. The fraction of sp³-hybridized carbons (Fsp3) is 0.125. The van der Waals surface area contributed by atoms with E-state index in [0.717, 1.165) is 22.3 Å². The van der Waals surface area contributed by atoms with Crippen LogP contribution in [-0.4, -0.2) is 36.2 Å². The third kappa shape index (κ3) is 4.50. The predicted molar refractivity (Wildman–Crippen MR) is 123 cm³/mol. The van der Waals surface area contributed by atoms with Crippen LogP contribution < -0.4 is 10.6 Å². The predicted octanol–water partition coefficient (Wildman–Crippen LogP) is 4.62. The first-order chi connectivity index (χ1) is 15.4. The van der Waals surface area contributed by atoms with Gasteiger partial charge in [0.15, 0.2) is 0 Å². The van der Waals surface area contributed by atoms with Crippen molar-refractivity contribution in [2.75, 3.05) is 18.5 Å². The van der Waals surface area contributed by atoms with E-state index in [4.69, 9.17) is 9.84 Å². The van der Waals surface area contributed by atoms with Gasteiger partial charge in [-0.1, -0.05) is 48.5 Å². The molecule has 0 aromatic heterocycles. The Morgan fingerprint density at radius 3 is 2.16 bits per heavy atom. The third-order valence-electron chi connectivity index (χ3n) is 5.21. The van der Waals surface area contributed by atoms with E-state index in [9.17, 15) is 14.4 Å². The van der Waals surface area contributed by atoms with Crippen molar-refractivity contribution in [3.8, 4) is 11.1 Å². The second kappa shape index (κ2) is 9.23. The van der Waals surface area contributed by atoms with Crippen molar-refractivity contribution in [3.05, 3.63) is 87.9 Å². The van der Waals surface area contributed by atoms with Crippen molar-refractivity contribution in [1.29, 1.82) is 0 Å². The van der Waals surface area contributed by atoms with Gasteiger partial charge in [-0.05, 0) is 56.4 Å². The van der Waals surface area contributed by atoms with Crippen molar-refractivity contribution in [2.24, 2.45) is 0 Å². The van der Waals surface area contributed by atoms with E-state index in [1.165, 1.54) is 12.1 Å². The summed E-state index contributed by atoms with van der Waals surface area (Å²) in [4.78, 5) is 35.0. The fourth-order valence-corrected chi connectivity index (χ4v) is 4.24. The normalized spacial score (nSPS) is 11.9. The molecule has 0 spiro atoms. The van der Waals surface area contributed by atoms with Gasteiger partial charge in [0.1, 0.15) is 13.2 Å². The van der Waals surface area contributed by atoms with Crippen LogP contribution in [0.4, 0.5) is 10.5 Å².